The first-order valence-electron chi connectivity index (χ1n) is 11.6. The second-order valence-corrected chi connectivity index (χ2v) is 8.52. The lowest BCUT2D eigenvalue weighted by molar-refractivity contribution is -0.151. The van der Waals surface area contributed by atoms with E-state index in [9.17, 15) is 14.4 Å². The van der Waals surface area contributed by atoms with E-state index in [1.807, 2.05) is 38.1 Å². The van der Waals surface area contributed by atoms with Crippen molar-refractivity contribution in [1.82, 2.24) is 5.32 Å². The highest BCUT2D eigenvalue weighted by atomic mass is 16.5. The maximum atomic E-state index is 13.7. The van der Waals surface area contributed by atoms with E-state index in [2.05, 4.69) is 24.1 Å². The highest BCUT2D eigenvalue weighted by molar-refractivity contribution is 6.12. The molecule has 33 heavy (non-hydrogen) atoms. The summed E-state index contributed by atoms with van der Waals surface area (Å²) in [4.78, 5) is 41.4. The fourth-order valence-electron chi connectivity index (χ4n) is 4.96. The Kier molecular flexibility index (Phi) is 7.61. The third-order valence-electron chi connectivity index (χ3n) is 6.59. The number of esters is 2. The van der Waals surface area contributed by atoms with Gasteiger partial charge in [0.15, 0.2) is 5.78 Å². The van der Waals surface area contributed by atoms with Gasteiger partial charge in [0.2, 0.25) is 0 Å². The van der Waals surface area contributed by atoms with E-state index in [1.54, 1.807) is 6.92 Å². The fourth-order valence-corrected chi connectivity index (χ4v) is 4.96. The Morgan fingerprint density at radius 3 is 2.30 bits per heavy atom. The van der Waals surface area contributed by atoms with Gasteiger partial charge in [0, 0.05) is 41.7 Å². The Morgan fingerprint density at radius 2 is 1.76 bits per heavy atom. The number of hydrogen-bond acceptors (Lipinski definition) is 7. The highest BCUT2D eigenvalue weighted by Gasteiger charge is 2.47. The molecule has 3 atom stereocenters. The molecule has 0 unspecified atom stereocenters. The van der Waals surface area contributed by atoms with Crippen molar-refractivity contribution in [2.24, 2.45) is 11.8 Å². The molecule has 3 rings (SSSR count). The van der Waals surface area contributed by atoms with E-state index < -0.39 is 23.8 Å². The van der Waals surface area contributed by atoms with E-state index in [-0.39, 0.29) is 18.3 Å². The molecule has 0 amide bonds. The molecule has 2 aliphatic rings. The molecule has 1 heterocycles. The van der Waals surface area contributed by atoms with Crippen LogP contribution in [0.25, 0.3) is 0 Å². The number of anilines is 1. The summed E-state index contributed by atoms with van der Waals surface area (Å²) in [5, 5.41) is 3.27. The van der Waals surface area contributed by atoms with Gasteiger partial charge in [0.1, 0.15) is 5.92 Å². The number of ketones is 1. The molecule has 0 spiro atoms. The standard InChI is InChI=1S/C26H34N2O5/c1-7-28(8-2)18-12-10-17(11-13-18)22-21(26(31)33-9-3)16(5)27-19-14-15(4)20(25(30)32-6)24(29)23(19)22/h10-13,15,20,22,27H,7-9,14H2,1-6H3/t15-,20-,22+/m0/s1. The van der Waals surface area contributed by atoms with Crippen LogP contribution in [-0.4, -0.2) is 44.5 Å². The summed E-state index contributed by atoms with van der Waals surface area (Å²) in [6.45, 7) is 11.6. The van der Waals surface area contributed by atoms with Crippen LogP contribution in [0.15, 0.2) is 46.8 Å². The number of dihydropyridines is 1. The fraction of sp³-hybridized carbons (Fsp3) is 0.500. The molecule has 1 aliphatic heterocycles. The van der Waals surface area contributed by atoms with Crippen LogP contribution in [0.1, 0.15) is 52.5 Å². The van der Waals surface area contributed by atoms with E-state index in [4.69, 9.17) is 9.47 Å². The lowest BCUT2D eigenvalue weighted by atomic mass is 9.69. The Bertz CT molecular complexity index is 988. The minimum atomic E-state index is -0.894. The number of nitrogens with zero attached hydrogens (tertiary/aromatic N) is 1. The molecule has 0 saturated heterocycles. The van der Waals surface area contributed by atoms with Crippen LogP contribution in [0, 0.1) is 11.8 Å². The maximum Gasteiger partial charge on any atom is 0.336 e. The van der Waals surface area contributed by atoms with Crippen molar-refractivity contribution in [3.63, 3.8) is 0 Å². The van der Waals surface area contributed by atoms with Gasteiger partial charge in [0.25, 0.3) is 0 Å². The van der Waals surface area contributed by atoms with Gasteiger partial charge in [-0.05, 0) is 57.7 Å². The zero-order chi connectivity index (χ0) is 24.3. The maximum absolute atomic E-state index is 13.7. The first-order valence-corrected chi connectivity index (χ1v) is 11.6. The summed E-state index contributed by atoms with van der Waals surface area (Å²) < 4.78 is 10.3. The van der Waals surface area contributed by atoms with Gasteiger partial charge in [-0.25, -0.2) is 4.79 Å². The van der Waals surface area contributed by atoms with E-state index in [0.717, 1.165) is 30.0 Å². The summed E-state index contributed by atoms with van der Waals surface area (Å²) in [5.41, 5.74) is 4.16. The molecule has 0 saturated carbocycles. The molecule has 0 fully saturated rings. The summed E-state index contributed by atoms with van der Waals surface area (Å²) in [6, 6.07) is 7.94. The molecule has 7 nitrogen and oxygen atoms in total. The second-order valence-electron chi connectivity index (χ2n) is 8.52. The monoisotopic (exact) mass is 454 g/mol. The molecular formula is C26H34N2O5. The quantitative estimate of drug-likeness (QED) is 0.497. The predicted molar refractivity (Wildman–Crippen MR) is 127 cm³/mol. The van der Waals surface area contributed by atoms with Crippen molar-refractivity contribution in [2.75, 3.05) is 31.7 Å². The molecule has 1 N–H and O–H groups in total. The van der Waals surface area contributed by atoms with Crippen LogP contribution in [0.2, 0.25) is 0 Å². The molecule has 178 valence electrons. The van der Waals surface area contributed by atoms with Crippen LogP contribution in [-0.2, 0) is 23.9 Å². The van der Waals surface area contributed by atoms with E-state index in [1.165, 1.54) is 7.11 Å². The van der Waals surface area contributed by atoms with Crippen molar-refractivity contribution in [3.05, 3.63) is 52.4 Å². The number of methoxy groups -OCH3 is 1. The number of nitrogens with one attached hydrogen (secondary N) is 1. The number of allylic oxidation sites excluding steroid dienone is 3. The molecule has 0 bridgehead atoms. The number of carbonyl (C=O) groups excluding carboxylic acids is 3. The molecule has 1 aromatic carbocycles. The zero-order valence-corrected chi connectivity index (χ0v) is 20.4. The van der Waals surface area contributed by atoms with Gasteiger partial charge in [-0.3, -0.25) is 9.59 Å². The molecular weight excluding hydrogens is 420 g/mol. The van der Waals surface area contributed by atoms with Gasteiger partial charge in [-0.2, -0.15) is 0 Å². The Balaban J connectivity index is 2.15. The Morgan fingerprint density at radius 1 is 1.12 bits per heavy atom. The van der Waals surface area contributed by atoms with E-state index in [0.29, 0.717) is 23.3 Å². The van der Waals surface area contributed by atoms with E-state index >= 15 is 0 Å². The minimum absolute atomic E-state index is 0.209. The zero-order valence-electron chi connectivity index (χ0n) is 20.4. The van der Waals surface area contributed by atoms with Crippen LogP contribution in [0.4, 0.5) is 5.69 Å². The summed E-state index contributed by atoms with van der Waals surface area (Å²) in [5.74, 6) is -3.02. The van der Waals surface area contributed by atoms with Gasteiger partial charge in [0.05, 0.1) is 19.3 Å². The molecule has 0 aromatic heterocycles. The normalized spacial score (nSPS) is 22.5. The Labute approximate surface area is 195 Å². The molecule has 1 aliphatic carbocycles. The van der Waals surface area contributed by atoms with Gasteiger partial charge >= 0.3 is 11.9 Å². The number of carbonyl (C=O) groups is 3. The van der Waals surface area contributed by atoms with Crippen molar-refractivity contribution < 1.29 is 23.9 Å². The summed E-state index contributed by atoms with van der Waals surface area (Å²) in [6.07, 6.45) is 0.516. The predicted octanol–water partition coefficient (Wildman–Crippen LogP) is 3.71. The third-order valence-corrected chi connectivity index (χ3v) is 6.59. The average Bonchev–Trinajstić information content (AvgIpc) is 2.79. The van der Waals surface area contributed by atoms with Crippen LogP contribution < -0.4 is 10.2 Å². The summed E-state index contributed by atoms with van der Waals surface area (Å²) in [7, 11) is 1.29. The number of ether oxygens (including phenoxy) is 2. The summed E-state index contributed by atoms with van der Waals surface area (Å²) >= 11 is 0. The number of hydrogen-bond donors (Lipinski definition) is 1. The number of rotatable bonds is 7. The topological polar surface area (TPSA) is 84.9 Å². The van der Waals surface area contributed by atoms with Crippen LogP contribution >= 0.6 is 0 Å². The molecule has 0 radical (unpaired) electrons. The average molecular weight is 455 g/mol. The smallest absolute Gasteiger partial charge is 0.336 e. The minimum Gasteiger partial charge on any atom is -0.468 e. The number of benzene rings is 1. The highest BCUT2D eigenvalue weighted by Crippen LogP contribution is 2.45. The van der Waals surface area contributed by atoms with Gasteiger partial charge < -0.3 is 19.7 Å². The molecule has 1 aromatic rings. The number of Topliss-reactive ketones (excluding diaryl/α,β-unsaturated/α-hetero) is 1. The van der Waals surface area contributed by atoms with Crippen molar-refractivity contribution in [3.8, 4) is 0 Å². The third kappa shape index (κ3) is 4.54. The van der Waals surface area contributed by atoms with Crippen molar-refractivity contribution in [1.29, 1.82) is 0 Å². The molecule has 7 heteroatoms. The van der Waals surface area contributed by atoms with Gasteiger partial charge in [-0.15, -0.1) is 0 Å². The largest absolute Gasteiger partial charge is 0.468 e. The Hall–Kier alpha value is -3.09. The van der Waals surface area contributed by atoms with Gasteiger partial charge in [-0.1, -0.05) is 19.1 Å². The SMILES string of the molecule is CCOC(=O)C1=C(C)NC2=C(C(=O)[C@@H](C(=O)OC)[C@@H](C)C2)[C@@H]1c1ccc(N(CC)CC)cc1. The van der Waals surface area contributed by atoms with Crippen molar-refractivity contribution in [2.45, 2.75) is 47.0 Å². The first-order chi connectivity index (χ1) is 15.8. The van der Waals surface area contributed by atoms with Crippen LogP contribution in [0.5, 0.6) is 0 Å². The van der Waals surface area contributed by atoms with Crippen LogP contribution in [0.3, 0.4) is 0 Å². The second kappa shape index (κ2) is 10.2. The van der Waals surface area contributed by atoms with Crippen molar-refractivity contribution >= 4 is 23.4 Å². The first kappa shape index (κ1) is 24.6. The lowest BCUT2D eigenvalue weighted by Gasteiger charge is -2.38. The lowest BCUT2D eigenvalue weighted by Crippen LogP contribution is -2.43.